The van der Waals surface area contributed by atoms with Crippen molar-refractivity contribution in [3.63, 3.8) is 0 Å². The van der Waals surface area contributed by atoms with Crippen LogP contribution < -0.4 is 9.64 Å². The quantitative estimate of drug-likeness (QED) is 0.754. The Labute approximate surface area is 163 Å². The van der Waals surface area contributed by atoms with Gasteiger partial charge in [-0.3, -0.25) is 4.90 Å². The van der Waals surface area contributed by atoms with Gasteiger partial charge in [0.1, 0.15) is 6.33 Å². The molecule has 2 saturated heterocycles. The molecule has 0 bridgehead atoms. The van der Waals surface area contributed by atoms with E-state index in [1.54, 1.807) is 0 Å². The van der Waals surface area contributed by atoms with Crippen LogP contribution in [0, 0.1) is 5.92 Å². The molecule has 0 spiro atoms. The average Bonchev–Trinajstić information content (AvgIpc) is 2.73. The SMILES string of the molecule is FC(F)COc1ncnc2ccc(N3CCN(CC4CCCOC4)CC3)cc12. The van der Waals surface area contributed by atoms with E-state index in [-0.39, 0.29) is 5.88 Å². The molecule has 0 N–H and O–H groups in total. The molecule has 2 aromatic rings. The number of hydrogen-bond acceptors (Lipinski definition) is 6. The molecule has 1 unspecified atom stereocenters. The molecule has 0 amide bonds. The smallest absolute Gasteiger partial charge is 0.272 e. The van der Waals surface area contributed by atoms with E-state index in [2.05, 4.69) is 19.8 Å². The monoisotopic (exact) mass is 392 g/mol. The zero-order chi connectivity index (χ0) is 19.3. The summed E-state index contributed by atoms with van der Waals surface area (Å²) in [7, 11) is 0. The third kappa shape index (κ3) is 4.67. The zero-order valence-corrected chi connectivity index (χ0v) is 15.9. The summed E-state index contributed by atoms with van der Waals surface area (Å²) in [6.07, 6.45) is 1.23. The number of hydrogen-bond donors (Lipinski definition) is 0. The fraction of sp³-hybridized carbons (Fsp3) is 0.600. The highest BCUT2D eigenvalue weighted by molar-refractivity contribution is 5.86. The van der Waals surface area contributed by atoms with E-state index >= 15 is 0 Å². The Balaban J connectivity index is 1.41. The van der Waals surface area contributed by atoms with Crippen LogP contribution in [0.3, 0.4) is 0 Å². The summed E-state index contributed by atoms with van der Waals surface area (Å²) < 4.78 is 35.8. The minimum atomic E-state index is -2.53. The Kier molecular flexibility index (Phi) is 6.17. The van der Waals surface area contributed by atoms with Gasteiger partial charge >= 0.3 is 0 Å². The van der Waals surface area contributed by atoms with Crippen molar-refractivity contribution in [2.24, 2.45) is 5.92 Å². The first-order valence-corrected chi connectivity index (χ1v) is 9.90. The van der Waals surface area contributed by atoms with Crippen molar-refractivity contribution in [2.75, 3.05) is 57.4 Å². The van der Waals surface area contributed by atoms with Gasteiger partial charge in [-0.25, -0.2) is 18.7 Å². The molecule has 1 aromatic carbocycles. The molecule has 152 valence electrons. The lowest BCUT2D eigenvalue weighted by Crippen LogP contribution is -2.48. The first kappa shape index (κ1) is 19.3. The number of rotatable bonds is 6. The molecule has 0 saturated carbocycles. The highest BCUT2D eigenvalue weighted by Gasteiger charge is 2.22. The maximum Gasteiger partial charge on any atom is 0.272 e. The molecule has 2 aliphatic rings. The number of fused-ring (bicyclic) bond motifs is 1. The van der Waals surface area contributed by atoms with E-state index < -0.39 is 13.0 Å². The molecular formula is C20H26F2N4O2. The van der Waals surface area contributed by atoms with Crippen molar-refractivity contribution >= 4 is 16.6 Å². The second kappa shape index (κ2) is 8.96. The van der Waals surface area contributed by atoms with Gasteiger partial charge in [0, 0.05) is 45.0 Å². The van der Waals surface area contributed by atoms with Crippen LogP contribution in [0.1, 0.15) is 12.8 Å². The fourth-order valence-corrected chi connectivity index (χ4v) is 3.98. The first-order chi connectivity index (χ1) is 13.7. The van der Waals surface area contributed by atoms with Crippen LogP contribution in [0.25, 0.3) is 10.9 Å². The molecule has 0 aliphatic carbocycles. The average molecular weight is 392 g/mol. The maximum atomic E-state index is 12.5. The number of ether oxygens (including phenoxy) is 2. The standard InChI is InChI=1S/C20H26F2N4O2/c21-19(22)13-28-20-17-10-16(3-4-18(17)23-14-24-20)26-7-5-25(6-8-26)11-15-2-1-9-27-12-15/h3-4,10,14-15,19H,1-2,5-9,11-13H2. The van der Waals surface area contributed by atoms with Crippen molar-refractivity contribution in [2.45, 2.75) is 19.3 Å². The van der Waals surface area contributed by atoms with Gasteiger partial charge in [-0.2, -0.15) is 0 Å². The topological polar surface area (TPSA) is 50.7 Å². The predicted molar refractivity (Wildman–Crippen MR) is 103 cm³/mol. The van der Waals surface area contributed by atoms with Crippen molar-refractivity contribution in [3.8, 4) is 5.88 Å². The van der Waals surface area contributed by atoms with Gasteiger partial charge in [-0.15, -0.1) is 0 Å². The molecule has 8 heteroatoms. The highest BCUT2D eigenvalue weighted by atomic mass is 19.3. The lowest BCUT2D eigenvalue weighted by atomic mass is 10.0. The van der Waals surface area contributed by atoms with Crippen LogP contribution in [0.15, 0.2) is 24.5 Å². The second-order valence-electron chi connectivity index (χ2n) is 7.45. The van der Waals surface area contributed by atoms with Crippen LogP contribution in [0.4, 0.5) is 14.5 Å². The molecule has 6 nitrogen and oxygen atoms in total. The Hall–Kier alpha value is -2.06. The van der Waals surface area contributed by atoms with Crippen molar-refractivity contribution in [3.05, 3.63) is 24.5 Å². The number of nitrogens with zero attached hydrogens (tertiary/aromatic N) is 4. The van der Waals surface area contributed by atoms with E-state index in [0.29, 0.717) is 16.8 Å². The Morgan fingerprint density at radius 1 is 1.18 bits per heavy atom. The van der Waals surface area contributed by atoms with E-state index in [1.807, 2.05) is 18.2 Å². The zero-order valence-electron chi connectivity index (χ0n) is 15.9. The molecule has 1 aromatic heterocycles. The second-order valence-corrected chi connectivity index (χ2v) is 7.45. The lowest BCUT2D eigenvalue weighted by Gasteiger charge is -2.38. The van der Waals surface area contributed by atoms with Crippen LogP contribution >= 0.6 is 0 Å². The summed E-state index contributed by atoms with van der Waals surface area (Å²) in [5.74, 6) is 0.857. The maximum absolute atomic E-state index is 12.5. The molecule has 2 aliphatic heterocycles. The van der Waals surface area contributed by atoms with Gasteiger partial charge in [0.05, 0.1) is 17.5 Å². The van der Waals surface area contributed by atoms with E-state index in [1.165, 1.54) is 19.2 Å². The third-order valence-corrected chi connectivity index (χ3v) is 5.44. The van der Waals surface area contributed by atoms with E-state index in [0.717, 1.165) is 51.6 Å². The predicted octanol–water partition coefficient (Wildman–Crippen LogP) is 2.82. The molecule has 0 radical (unpaired) electrons. The number of alkyl halides is 2. The summed E-state index contributed by atoms with van der Waals surface area (Å²) in [5.41, 5.74) is 1.74. The number of halogens is 2. The van der Waals surface area contributed by atoms with Crippen molar-refractivity contribution in [1.29, 1.82) is 0 Å². The minimum absolute atomic E-state index is 0.211. The number of benzene rings is 1. The Morgan fingerprint density at radius 3 is 2.79 bits per heavy atom. The fourth-order valence-electron chi connectivity index (χ4n) is 3.98. The van der Waals surface area contributed by atoms with Crippen LogP contribution in [-0.4, -0.2) is 73.8 Å². The summed E-state index contributed by atoms with van der Waals surface area (Å²) >= 11 is 0. The molecule has 1 atom stereocenters. The van der Waals surface area contributed by atoms with Gasteiger partial charge in [0.2, 0.25) is 5.88 Å². The van der Waals surface area contributed by atoms with Crippen molar-refractivity contribution < 1.29 is 18.3 Å². The van der Waals surface area contributed by atoms with E-state index in [9.17, 15) is 8.78 Å². The number of piperazine rings is 1. The van der Waals surface area contributed by atoms with Gasteiger partial charge < -0.3 is 14.4 Å². The highest BCUT2D eigenvalue weighted by Crippen LogP contribution is 2.28. The first-order valence-electron chi connectivity index (χ1n) is 9.90. The van der Waals surface area contributed by atoms with Gasteiger partial charge in [0.15, 0.2) is 6.61 Å². The largest absolute Gasteiger partial charge is 0.471 e. The number of aromatic nitrogens is 2. The summed E-state index contributed by atoms with van der Waals surface area (Å²) in [5, 5.41) is 0.669. The molecule has 28 heavy (non-hydrogen) atoms. The Morgan fingerprint density at radius 2 is 2.04 bits per heavy atom. The molecule has 4 rings (SSSR count). The van der Waals surface area contributed by atoms with Crippen molar-refractivity contribution in [1.82, 2.24) is 14.9 Å². The lowest BCUT2D eigenvalue weighted by molar-refractivity contribution is 0.0377. The normalized spacial score (nSPS) is 21.4. The van der Waals surface area contributed by atoms with Gasteiger partial charge in [-0.05, 0) is 37.0 Å². The minimum Gasteiger partial charge on any atom is -0.471 e. The molecule has 2 fully saturated rings. The number of anilines is 1. The summed E-state index contributed by atoms with van der Waals surface area (Å²) in [4.78, 5) is 13.1. The van der Waals surface area contributed by atoms with Gasteiger partial charge in [0.25, 0.3) is 6.43 Å². The van der Waals surface area contributed by atoms with Crippen LogP contribution in [-0.2, 0) is 4.74 Å². The van der Waals surface area contributed by atoms with Crippen LogP contribution in [0.5, 0.6) is 5.88 Å². The third-order valence-electron chi connectivity index (χ3n) is 5.44. The summed E-state index contributed by atoms with van der Waals surface area (Å²) in [6, 6.07) is 5.87. The Bertz CT molecular complexity index is 778. The summed E-state index contributed by atoms with van der Waals surface area (Å²) in [6.45, 7) is 6.10. The molecule has 3 heterocycles. The van der Waals surface area contributed by atoms with Gasteiger partial charge in [-0.1, -0.05) is 0 Å². The molecular weight excluding hydrogens is 366 g/mol. The van der Waals surface area contributed by atoms with E-state index in [4.69, 9.17) is 9.47 Å². The van der Waals surface area contributed by atoms with Crippen LogP contribution in [0.2, 0.25) is 0 Å².